The van der Waals surface area contributed by atoms with Gasteiger partial charge in [-0.25, -0.2) is 9.78 Å². The highest BCUT2D eigenvalue weighted by Crippen LogP contribution is 2.45. The maximum atomic E-state index is 10.1. The number of fused-ring (bicyclic) bond motifs is 2. The zero-order chi connectivity index (χ0) is 16.5. The van der Waals surface area contributed by atoms with Crippen molar-refractivity contribution in [1.29, 1.82) is 0 Å². The molecule has 0 aromatic heterocycles. The van der Waals surface area contributed by atoms with Crippen LogP contribution in [0.1, 0.15) is 84.5 Å². The Morgan fingerprint density at radius 2 is 1.65 bits per heavy atom. The molecule has 1 aliphatic heterocycles. The second kappa shape index (κ2) is 10.5. The second-order valence-electron chi connectivity index (χ2n) is 7.40. The number of unbranched alkanes of at least 4 members (excludes halogenated alkanes) is 6. The Hall–Kier alpha value is -0.380. The lowest BCUT2D eigenvalue weighted by Gasteiger charge is -2.28. The lowest BCUT2D eigenvalue weighted by molar-refractivity contribution is -0.337. The van der Waals surface area contributed by atoms with Crippen molar-refractivity contribution in [2.75, 3.05) is 0 Å². The van der Waals surface area contributed by atoms with Crippen LogP contribution in [0.25, 0.3) is 0 Å². The summed E-state index contributed by atoms with van der Waals surface area (Å²) < 4.78 is 0. The minimum absolute atomic E-state index is 0.208. The Morgan fingerprint density at radius 1 is 0.957 bits per heavy atom. The van der Waals surface area contributed by atoms with Crippen LogP contribution in [-0.4, -0.2) is 23.4 Å². The van der Waals surface area contributed by atoms with Crippen LogP contribution in [0.5, 0.6) is 0 Å². The third kappa shape index (κ3) is 5.88. The summed E-state index contributed by atoms with van der Waals surface area (Å²) in [7, 11) is 0. The molecule has 3 nitrogen and oxygen atoms in total. The molecule has 0 aromatic carbocycles. The molecule has 1 saturated carbocycles. The Balaban J connectivity index is 1.76. The van der Waals surface area contributed by atoms with E-state index in [1.165, 1.54) is 51.4 Å². The van der Waals surface area contributed by atoms with Gasteiger partial charge in [-0.15, -0.1) is 0 Å². The fourth-order valence-electron chi connectivity index (χ4n) is 4.03. The van der Waals surface area contributed by atoms with E-state index in [0.717, 1.165) is 19.3 Å². The molecule has 2 rings (SSSR count). The summed E-state index contributed by atoms with van der Waals surface area (Å²) in [5.41, 5.74) is 0. The molecule has 0 amide bonds. The van der Waals surface area contributed by atoms with Crippen molar-refractivity contribution in [2.45, 2.75) is 103 Å². The number of hydrogen-bond donors (Lipinski definition) is 1. The van der Waals surface area contributed by atoms with Crippen molar-refractivity contribution >= 4 is 0 Å². The third-order valence-electron chi connectivity index (χ3n) is 5.47. The highest BCUT2D eigenvalue weighted by molar-refractivity contribution is 5.06. The Kier molecular flexibility index (Phi) is 8.63. The molecule has 3 heteroatoms. The van der Waals surface area contributed by atoms with Crippen LogP contribution in [0.3, 0.4) is 0 Å². The molecule has 134 valence electrons. The maximum Gasteiger partial charge on any atom is 0.102 e. The first-order valence-electron chi connectivity index (χ1n) is 9.94. The zero-order valence-electron chi connectivity index (χ0n) is 15.1. The smallest absolute Gasteiger partial charge is 0.102 e. The number of hydrogen-bond acceptors (Lipinski definition) is 3. The molecule has 0 spiro atoms. The van der Waals surface area contributed by atoms with Gasteiger partial charge in [0.25, 0.3) is 0 Å². The molecule has 2 fully saturated rings. The molecule has 1 aliphatic carbocycles. The molecule has 23 heavy (non-hydrogen) atoms. The third-order valence-corrected chi connectivity index (χ3v) is 5.47. The molecule has 1 N–H and O–H groups in total. The van der Waals surface area contributed by atoms with Gasteiger partial charge >= 0.3 is 0 Å². The van der Waals surface area contributed by atoms with E-state index in [4.69, 9.17) is 9.78 Å². The second-order valence-corrected chi connectivity index (χ2v) is 7.40. The minimum atomic E-state index is -0.299. The van der Waals surface area contributed by atoms with Crippen LogP contribution in [0.2, 0.25) is 0 Å². The van der Waals surface area contributed by atoms with Crippen molar-refractivity contribution in [2.24, 2.45) is 11.8 Å². The Bertz CT molecular complexity index is 342. The fraction of sp³-hybridized carbons (Fsp3) is 0.900. The molecule has 1 saturated heterocycles. The van der Waals surface area contributed by atoms with Crippen LogP contribution < -0.4 is 0 Å². The molecule has 4 unspecified atom stereocenters. The summed E-state index contributed by atoms with van der Waals surface area (Å²) in [4.78, 5) is 10.9. The predicted molar refractivity (Wildman–Crippen MR) is 94.0 cm³/mol. The highest BCUT2D eigenvalue weighted by Gasteiger charge is 2.49. The first-order chi connectivity index (χ1) is 11.3. The molecule has 5 atom stereocenters. The summed E-state index contributed by atoms with van der Waals surface area (Å²) in [6.45, 7) is 4.45. The van der Waals surface area contributed by atoms with Crippen molar-refractivity contribution in [3.63, 3.8) is 0 Å². The summed E-state index contributed by atoms with van der Waals surface area (Å²) in [6.07, 6.45) is 17.7. The number of aliphatic hydroxyl groups excluding tert-OH is 1. The van der Waals surface area contributed by atoms with Crippen molar-refractivity contribution in [3.05, 3.63) is 12.2 Å². The summed E-state index contributed by atoms with van der Waals surface area (Å²) in [6, 6.07) is 0. The summed E-state index contributed by atoms with van der Waals surface area (Å²) in [5.74, 6) is 1.01. The van der Waals surface area contributed by atoms with Crippen molar-refractivity contribution in [1.82, 2.24) is 0 Å². The quantitative estimate of drug-likeness (QED) is 0.305. The van der Waals surface area contributed by atoms with E-state index in [1.807, 2.05) is 6.08 Å². The topological polar surface area (TPSA) is 38.7 Å². The van der Waals surface area contributed by atoms with E-state index >= 15 is 0 Å². The molecule has 2 aliphatic rings. The molecule has 0 aromatic rings. The van der Waals surface area contributed by atoms with Crippen LogP contribution in [-0.2, 0) is 9.78 Å². The van der Waals surface area contributed by atoms with Gasteiger partial charge in [-0.05, 0) is 18.8 Å². The van der Waals surface area contributed by atoms with Crippen LogP contribution in [0, 0.1) is 11.8 Å². The summed E-state index contributed by atoms with van der Waals surface area (Å²) >= 11 is 0. The first-order valence-corrected chi connectivity index (χ1v) is 9.94. The molecular weight excluding hydrogens is 288 g/mol. The van der Waals surface area contributed by atoms with Crippen molar-refractivity contribution < 1.29 is 14.9 Å². The monoisotopic (exact) mass is 324 g/mol. The average molecular weight is 325 g/mol. The highest BCUT2D eigenvalue weighted by atomic mass is 17.2. The van der Waals surface area contributed by atoms with Crippen LogP contribution in [0.15, 0.2) is 12.2 Å². The lowest BCUT2D eigenvalue weighted by atomic mass is 9.87. The van der Waals surface area contributed by atoms with Crippen LogP contribution >= 0.6 is 0 Å². The van der Waals surface area contributed by atoms with Crippen LogP contribution in [0.4, 0.5) is 0 Å². The van der Waals surface area contributed by atoms with Gasteiger partial charge in [0, 0.05) is 12.3 Å². The normalized spacial score (nSPS) is 31.3. The zero-order valence-corrected chi connectivity index (χ0v) is 15.1. The van der Waals surface area contributed by atoms with E-state index in [9.17, 15) is 5.11 Å². The number of aliphatic hydroxyl groups is 1. The van der Waals surface area contributed by atoms with Gasteiger partial charge in [-0.2, -0.15) is 0 Å². The van der Waals surface area contributed by atoms with Crippen molar-refractivity contribution in [3.8, 4) is 0 Å². The molecule has 2 bridgehead atoms. The average Bonchev–Trinajstić information content (AvgIpc) is 3.14. The Morgan fingerprint density at radius 3 is 2.43 bits per heavy atom. The SMILES string of the molecule is CCCCCCCC1C2CC(OO2)[C@@H]1/C=C/C(O)CCCCC. The van der Waals surface area contributed by atoms with E-state index in [2.05, 4.69) is 19.9 Å². The van der Waals surface area contributed by atoms with Gasteiger partial charge in [0.15, 0.2) is 0 Å². The molecule has 1 heterocycles. The standard InChI is InChI=1S/C20H36O3/c1-3-5-7-8-10-12-17-18(20-15-19(17)22-23-20)14-13-16(21)11-9-6-4-2/h13-14,16-21H,3-12,15H2,1-2H3/b14-13+/t16?,17?,18-,19?,20?/m1/s1. The van der Waals surface area contributed by atoms with E-state index in [1.54, 1.807) is 0 Å². The summed E-state index contributed by atoms with van der Waals surface area (Å²) in [5, 5.41) is 10.1. The van der Waals surface area contributed by atoms with E-state index < -0.39 is 0 Å². The van der Waals surface area contributed by atoms with Gasteiger partial charge in [0.05, 0.1) is 12.2 Å². The maximum absolute atomic E-state index is 10.1. The largest absolute Gasteiger partial charge is 0.389 e. The molecular formula is C20H36O3. The number of rotatable bonds is 12. The Labute approximate surface area is 142 Å². The fourth-order valence-corrected chi connectivity index (χ4v) is 4.03. The molecule has 0 radical (unpaired) electrons. The van der Waals surface area contributed by atoms with Gasteiger partial charge in [-0.1, -0.05) is 77.4 Å². The predicted octanol–water partition coefficient (Wildman–Crippen LogP) is 5.18. The van der Waals surface area contributed by atoms with Gasteiger partial charge in [0.2, 0.25) is 0 Å². The van der Waals surface area contributed by atoms with Gasteiger partial charge in [0.1, 0.15) is 6.10 Å². The van der Waals surface area contributed by atoms with Gasteiger partial charge < -0.3 is 5.11 Å². The minimum Gasteiger partial charge on any atom is -0.389 e. The van der Waals surface area contributed by atoms with E-state index in [0.29, 0.717) is 11.8 Å². The lowest BCUT2D eigenvalue weighted by Crippen LogP contribution is -2.29. The van der Waals surface area contributed by atoms with E-state index in [-0.39, 0.29) is 18.3 Å². The first kappa shape index (κ1) is 19.0. The van der Waals surface area contributed by atoms with Gasteiger partial charge in [-0.3, -0.25) is 0 Å².